The maximum absolute atomic E-state index is 12.6. The molecule has 1 amide bonds. The minimum atomic E-state index is -0.968. The predicted molar refractivity (Wildman–Crippen MR) is 89.7 cm³/mol. The third-order valence-corrected chi connectivity index (χ3v) is 4.30. The first-order valence-corrected chi connectivity index (χ1v) is 7.89. The van der Waals surface area contributed by atoms with E-state index >= 15 is 0 Å². The van der Waals surface area contributed by atoms with Gasteiger partial charge in [-0.3, -0.25) is 14.8 Å². The maximum atomic E-state index is 12.6. The lowest BCUT2D eigenvalue weighted by Crippen LogP contribution is -2.46. The van der Waals surface area contributed by atoms with Crippen molar-refractivity contribution in [3.63, 3.8) is 0 Å². The number of pyridine rings is 1. The van der Waals surface area contributed by atoms with Gasteiger partial charge < -0.3 is 14.9 Å². The summed E-state index contributed by atoms with van der Waals surface area (Å²) in [6, 6.07) is 3.66. The van der Waals surface area contributed by atoms with Crippen LogP contribution in [0.4, 0.5) is 5.82 Å². The van der Waals surface area contributed by atoms with Gasteiger partial charge in [0.1, 0.15) is 17.1 Å². The second-order valence-electron chi connectivity index (χ2n) is 6.29. The summed E-state index contributed by atoms with van der Waals surface area (Å²) in [5, 5.41) is 10.9. The zero-order valence-corrected chi connectivity index (χ0v) is 13.9. The lowest BCUT2D eigenvalue weighted by molar-refractivity contribution is 0.0261. The Kier molecular flexibility index (Phi) is 4.44. The molecule has 0 aliphatic carbocycles. The van der Waals surface area contributed by atoms with Crippen LogP contribution in [0.2, 0.25) is 0 Å². The molecule has 2 aromatic rings. The number of hydrogen-bond donors (Lipinski definition) is 1. The lowest BCUT2D eigenvalue weighted by atomic mass is 10.0. The molecular weight excluding hydrogens is 306 g/mol. The second kappa shape index (κ2) is 6.52. The highest BCUT2D eigenvalue weighted by Gasteiger charge is 2.38. The highest BCUT2D eigenvalue weighted by molar-refractivity contribution is 5.93. The van der Waals surface area contributed by atoms with Crippen molar-refractivity contribution in [2.75, 3.05) is 31.6 Å². The molecule has 0 saturated carbocycles. The van der Waals surface area contributed by atoms with Crippen molar-refractivity contribution >= 4 is 11.7 Å². The number of anilines is 1. The van der Waals surface area contributed by atoms with Crippen LogP contribution in [0.15, 0.2) is 36.9 Å². The summed E-state index contributed by atoms with van der Waals surface area (Å²) in [4.78, 5) is 28.6. The Morgan fingerprint density at radius 2 is 2.21 bits per heavy atom. The van der Waals surface area contributed by atoms with E-state index < -0.39 is 5.60 Å². The van der Waals surface area contributed by atoms with E-state index in [4.69, 9.17) is 0 Å². The van der Waals surface area contributed by atoms with Crippen molar-refractivity contribution in [3.05, 3.63) is 48.2 Å². The summed E-state index contributed by atoms with van der Waals surface area (Å²) < 4.78 is 0. The molecule has 0 aromatic carbocycles. The van der Waals surface area contributed by atoms with Gasteiger partial charge in [-0.1, -0.05) is 6.07 Å². The molecule has 126 valence electrons. The molecule has 0 bridgehead atoms. The van der Waals surface area contributed by atoms with Crippen molar-refractivity contribution in [1.29, 1.82) is 0 Å². The van der Waals surface area contributed by atoms with Crippen molar-refractivity contribution in [2.24, 2.45) is 0 Å². The summed E-state index contributed by atoms with van der Waals surface area (Å²) in [7, 11) is 1.69. The van der Waals surface area contributed by atoms with Crippen LogP contribution in [-0.2, 0) is 0 Å². The van der Waals surface area contributed by atoms with Crippen LogP contribution in [0.25, 0.3) is 0 Å². The molecule has 3 rings (SSSR count). The number of aromatic nitrogens is 3. The topological polar surface area (TPSA) is 82.5 Å². The Hall–Kier alpha value is -2.54. The van der Waals surface area contributed by atoms with E-state index in [1.165, 1.54) is 4.90 Å². The fourth-order valence-electron chi connectivity index (χ4n) is 3.04. The Morgan fingerprint density at radius 3 is 2.92 bits per heavy atom. The quantitative estimate of drug-likeness (QED) is 0.898. The zero-order valence-electron chi connectivity index (χ0n) is 13.9. The van der Waals surface area contributed by atoms with E-state index in [1.807, 2.05) is 17.9 Å². The number of amides is 1. The molecule has 0 spiro atoms. The Balaban J connectivity index is 1.67. The third-order valence-electron chi connectivity index (χ3n) is 4.30. The third kappa shape index (κ3) is 3.35. The van der Waals surface area contributed by atoms with E-state index in [0.29, 0.717) is 25.2 Å². The number of likely N-dealkylation sites (N-methyl/N-ethyl adjacent to an activating group) is 1. The van der Waals surface area contributed by atoms with Gasteiger partial charge >= 0.3 is 0 Å². The molecule has 0 unspecified atom stereocenters. The van der Waals surface area contributed by atoms with E-state index in [1.54, 1.807) is 37.9 Å². The average molecular weight is 327 g/mol. The Morgan fingerprint density at radius 1 is 1.38 bits per heavy atom. The van der Waals surface area contributed by atoms with Crippen LogP contribution in [0.5, 0.6) is 0 Å². The molecule has 1 N–H and O–H groups in total. The summed E-state index contributed by atoms with van der Waals surface area (Å²) in [5.41, 5.74) is 0.284. The molecule has 7 heteroatoms. The minimum Gasteiger partial charge on any atom is -0.386 e. The van der Waals surface area contributed by atoms with Gasteiger partial charge in [-0.2, -0.15) is 0 Å². The molecule has 1 fully saturated rings. The number of aliphatic hydroxyl groups is 1. The van der Waals surface area contributed by atoms with Crippen LogP contribution in [0.1, 0.15) is 22.5 Å². The maximum Gasteiger partial charge on any atom is 0.272 e. The number of aryl methyl sites for hydroxylation is 1. The summed E-state index contributed by atoms with van der Waals surface area (Å²) >= 11 is 0. The van der Waals surface area contributed by atoms with Gasteiger partial charge in [0.15, 0.2) is 0 Å². The van der Waals surface area contributed by atoms with Crippen LogP contribution in [0, 0.1) is 6.92 Å². The predicted octanol–water partition coefficient (Wildman–Crippen LogP) is 0.893. The smallest absolute Gasteiger partial charge is 0.272 e. The number of carbonyl (C=O) groups excluding carboxylic acids is 1. The van der Waals surface area contributed by atoms with Crippen LogP contribution in [0.3, 0.4) is 0 Å². The fraction of sp³-hybridized carbons (Fsp3) is 0.412. The SMILES string of the molecule is Cc1cccnc1C(=O)N(C)C[C@@]1(O)CCN(c2cnccn2)C1. The normalized spacial score (nSPS) is 20.2. The van der Waals surface area contributed by atoms with Crippen molar-refractivity contribution in [1.82, 2.24) is 19.9 Å². The molecular formula is C17H21N5O2. The molecule has 1 aliphatic heterocycles. The van der Waals surface area contributed by atoms with Gasteiger partial charge in [0.05, 0.1) is 12.7 Å². The molecule has 7 nitrogen and oxygen atoms in total. The number of rotatable bonds is 4. The van der Waals surface area contributed by atoms with Gasteiger partial charge in [-0.05, 0) is 25.0 Å². The van der Waals surface area contributed by atoms with Crippen molar-refractivity contribution in [3.8, 4) is 0 Å². The van der Waals surface area contributed by atoms with Crippen molar-refractivity contribution < 1.29 is 9.90 Å². The number of carbonyl (C=O) groups is 1. The van der Waals surface area contributed by atoms with E-state index in [-0.39, 0.29) is 12.5 Å². The molecule has 24 heavy (non-hydrogen) atoms. The fourth-order valence-corrected chi connectivity index (χ4v) is 3.04. The highest BCUT2D eigenvalue weighted by Crippen LogP contribution is 2.26. The molecule has 1 saturated heterocycles. The zero-order chi connectivity index (χ0) is 17.2. The summed E-state index contributed by atoms with van der Waals surface area (Å²) in [5.74, 6) is 0.558. The monoisotopic (exact) mass is 327 g/mol. The average Bonchev–Trinajstić information content (AvgIpc) is 2.97. The summed E-state index contributed by atoms with van der Waals surface area (Å²) in [6.45, 7) is 3.21. The van der Waals surface area contributed by atoms with Gasteiger partial charge in [0.2, 0.25) is 0 Å². The largest absolute Gasteiger partial charge is 0.386 e. The lowest BCUT2D eigenvalue weighted by Gasteiger charge is -2.29. The number of nitrogens with zero attached hydrogens (tertiary/aromatic N) is 5. The Labute approximate surface area is 141 Å². The van der Waals surface area contributed by atoms with Gasteiger partial charge in [-0.25, -0.2) is 4.98 Å². The van der Waals surface area contributed by atoms with E-state index in [9.17, 15) is 9.90 Å². The molecule has 2 aromatic heterocycles. The first-order chi connectivity index (χ1) is 11.5. The van der Waals surface area contributed by atoms with E-state index in [0.717, 1.165) is 11.4 Å². The molecule has 3 heterocycles. The first kappa shape index (κ1) is 16.3. The molecule has 0 radical (unpaired) electrons. The van der Waals surface area contributed by atoms with Gasteiger partial charge in [0, 0.05) is 38.7 Å². The number of β-amino-alcohol motifs (C(OH)–C–C–N with tert-alkyl or cyclic N) is 1. The van der Waals surface area contributed by atoms with Crippen LogP contribution in [-0.4, -0.2) is 63.1 Å². The standard InChI is InChI=1S/C17H21N5O2/c1-13-4-3-6-20-15(13)16(23)21(2)11-17(24)5-9-22(12-17)14-10-18-7-8-19-14/h3-4,6-8,10,24H,5,9,11-12H2,1-2H3/t17-/m0/s1. The number of hydrogen-bond acceptors (Lipinski definition) is 6. The first-order valence-electron chi connectivity index (χ1n) is 7.89. The molecule has 1 atom stereocenters. The van der Waals surface area contributed by atoms with Crippen LogP contribution < -0.4 is 4.90 Å². The van der Waals surface area contributed by atoms with E-state index in [2.05, 4.69) is 15.0 Å². The van der Waals surface area contributed by atoms with Gasteiger partial charge in [-0.15, -0.1) is 0 Å². The highest BCUT2D eigenvalue weighted by atomic mass is 16.3. The van der Waals surface area contributed by atoms with Crippen LogP contribution >= 0.6 is 0 Å². The Bertz CT molecular complexity index is 724. The second-order valence-corrected chi connectivity index (χ2v) is 6.29. The van der Waals surface area contributed by atoms with Gasteiger partial charge in [0.25, 0.3) is 5.91 Å². The minimum absolute atomic E-state index is 0.181. The van der Waals surface area contributed by atoms with Crippen molar-refractivity contribution in [2.45, 2.75) is 18.9 Å². The summed E-state index contributed by atoms with van der Waals surface area (Å²) in [6.07, 6.45) is 7.11. The molecule has 1 aliphatic rings.